The molecule has 2 aromatic rings. The van der Waals surface area contributed by atoms with Crippen LogP contribution in [0.5, 0.6) is 11.5 Å². The lowest BCUT2D eigenvalue weighted by Crippen LogP contribution is -2.42. The molecule has 148 valence electrons. The standard InChI is InChI=1S/C17H17ClN4O5S/c18-11-7-10(8-13-14(11)27-6-5-26-13)15(23)20-21-16(24)12-9-28-17(19-12)22-1-3-25-4-2-22/h7-9H,1-6H2,(H,20,23)(H,21,24). The second kappa shape index (κ2) is 8.21. The lowest BCUT2D eigenvalue weighted by Gasteiger charge is -2.25. The van der Waals surface area contributed by atoms with Crippen LogP contribution in [0.4, 0.5) is 5.13 Å². The Bertz CT molecular complexity index is 900. The minimum Gasteiger partial charge on any atom is -0.486 e. The van der Waals surface area contributed by atoms with Crippen molar-refractivity contribution in [1.82, 2.24) is 15.8 Å². The van der Waals surface area contributed by atoms with E-state index in [1.54, 1.807) is 5.38 Å². The molecule has 1 aromatic carbocycles. The van der Waals surface area contributed by atoms with E-state index < -0.39 is 11.8 Å². The number of carbonyl (C=O) groups is 2. The SMILES string of the molecule is O=C(NNC(=O)c1csc(N2CCOCC2)n1)c1cc(Cl)c2c(c1)OCCO2. The lowest BCUT2D eigenvalue weighted by atomic mass is 10.2. The Kier molecular flexibility index (Phi) is 5.51. The van der Waals surface area contributed by atoms with E-state index in [1.807, 2.05) is 0 Å². The van der Waals surface area contributed by atoms with Gasteiger partial charge in [-0.15, -0.1) is 11.3 Å². The molecule has 28 heavy (non-hydrogen) atoms. The number of fused-ring (bicyclic) bond motifs is 1. The van der Waals surface area contributed by atoms with Gasteiger partial charge in [-0.05, 0) is 12.1 Å². The van der Waals surface area contributed by atoms with Crippen LogP contribution in [0.3, 0.4) is 0 Å². The molecule has 2 aliphatic heterocycles. The van der Waals surface area contributed by atoms with Crippen LogP contribution in [-0.2, 0) is 4.74 Å². The van der Waals surface area contributed by atoms with Crippen LogP contribution in [0, 0.1) is 0 Å². The normalized spacial score (nSPS) is 15.8. The third-order valence-corrected chi connectivity index (χ3v) is 5.34. The van der Waals surface area contributed by atoms with E-state index in [-0.39, 0.29) is 16.3 Å². The van der Waals surface area contributed by atoms with Gasteiger partial charge >= 0.3 is 0 Å². The highest BCUT2D eigenvalue weighted by molar-refractivity contribution is 7.13. The fourth-order valence-electron chi connectivity index (χ4n) is 2.76. The summed E-state index contributed by atoms with van der Waals surface area (Å²) in [5, 5.41) is 2.66. The van der Waals surface area contributed by atoms with Crippen molar-refractivity contribution >= 4 is 39.9 Å². The summed E-state index contributed by atoms with van der Waals surface area (Å²) < 4.78 is 16.2. The number of hydrazine groups is 1. The summed E-state index contributed by atoms with van der Waals surface area (Å²) >= 11 is 7.50. The predicted octanol–water partition coefficient (Wildman–Crippen LogP) is 1.48. The van der Waals surface area contributed by atoms with Crippen LogP contribution in [0.15, 0.2) is 17.5 Å². The number of carbonyl (C=O) groups excluding carboxylic acids is 2. The number of nitrogens with one attached hydrogen (secondary N) is 2. The summed E-state index contributed by atoms with van der Waals surface area (Å²) in [4.78, 5) is 31.0. The van der Waals surface area contributed by atoms with Crippen molar-refractivity contribution in [1.29, 1.82) is 0 Å². The molecule has 1 fully saturated rings. The third kappa shape index (κ3) is 3.98. The number of nitrogens with zero attached hydrogens (tertiary/aromatic N) is 2. The van der Waals surface area contributed by atoms with Crippen molar-refractivity contribution in [2.24, 2.45) is 0 Å². The van der Waals surface area contributed by atoms with Gasteiger partial charge in [-0.2, -0.15) is 0 Å². The fraction of sp³-hybridized carbons (Fsp3) is 0.353. The Hall–Kier alpha value is -2.56. The number of morpholine rings is 1. The molecule has 0 aliphatic carbocycles. The van der Waals surface area contributed by atoms with E-state index in [0.717, 1.165) is 18.2 Å². The lowest BCUT2D eigenvalue weighted by molar-refractivity contribution is 0.0843. The Balaban J connectivity index is 1.38. The Morgan fingerprint density at radius 2 is 1.82 bits per heavy atom. The summed E-state index contributed by atoms with van der Waals surface area (Å²) in [6.07, 6.45) is 0. The summed E-state index contributed by atoms with van der Waals surface area (Å²) in [5.74, 6) is -0.236. The first-order chi connectivity index (χ1) is 13.6. The van der Waals surface area contributed by atoms with Gasteiger partial charge in [0.2, 0.25) is 0 Å². The van der Waals surface area contributed by atoms with Crippen molar-refractivity contribution in [3.63, 3.8) is 0 Å². The molecule has 0 atom stereocenters. The number of aromatic nitrogens is 1. The van der Waals surface area contributed by atoms with Gasteiger partial charge in [0.25, 0.3) is 11.8 Å². The van der Waals surface area contributed by atoms with Gasteiger partial charge in [0.05, 0.1) is 18.2 Å². The van der Waals surface area contributed by atoms with Gasteiger partial charge in [-0.3, -0.25) is 20.4 Å². The molecule has 0 spiro atoms. The zero-order valence-corrected chi connectivity index (χ0v) is 16.3. The van der Waals surface area contributed by atoms with E-state index in [0.29, 0.717) is 37.9 Å². The largest absolute Gasteiger partial charge is 0.486 e. The van der Waals surface area contributed by atoms with Crippen LogP contribution < -0.4 is 25.2 Å². The molecule has 1 aromatic heterocycles. The molecule has 4 rings (SSSR count). The van der Waals surface area contributed by atoms with Gasteiger partial charge in [0, 0.05) is 24.0 Å². The fourth-order valence-corrected chi connectivity index (χ4v) is 3.88. The molecule has 3 heterocycles. The monoisotopic (exact) mass is 424 g/mol. The summed E-state index contributed by atoms with van der Waals surface area (Å²) in [5.41, 5.74) is 5.18. The first kappa shape index (κ1) is 18.8. The molecule has 2 aliphatic rings. The molecular formula is C17H17ClN4O5S. The highest BCUT2D eigenvalue weighted by atomic mass is 35.5. The summed E-state index contributed by atoms with van der Waals surface area (Å²) in [6.45, 7) is 3.51. The number of halogens is 1. The highest BCUT2D eigenvalue weighted by Crippen LogP contribution is 2.38. The number of hydrogen-bond acceptors (Lipinski definition) is 8. The number of ether oxygens (including phenoxy) is 3. The van der Waals surface area contributed by atoms with E-state index in [9.17, 15) is 9.59 Å². The molecule has 11 heteroatoms. The summed E-state index contributed by atoms with van der Waals surface area (Å²) in [6, 6.07) is 2.97. The van der Waals surface area contributed by atoms with Crippen LogP contribution >= 0.6 is 22.9 Å². The van der Waals surface area contributed by atoms with E-state index >= 15 is 0 Å². The molecular weight excluding hydrogens is 408 g/mol. The second-order valence-corrected chi connectivity index (χ2v) is 7.25. The average Bonchev–Trinajstić information content (AvgIpc) is 3.23. The van der Waals surface area contributed by atoms with Crippen molar-refractivity contribution in [2.75, 3.05) is 44.4 Å². The number of amides is 2. The predicted molar refractivity (Wildman–Crippen MR) is 103 cm³/mol. The minimum absolute atomic E-state index is 0.229. The zero-order valence-electron chi connectivity index (χ0n) is 14.7. The van der Waals surface area contributed by atoms with E-state index in [1.165, 1.54) is 23.5 Å². The number of hydrogen-bond donors (Lipinski definition) is 2. The highest BCUT2D eigenvalue weighted by Gasteiger charge is 2.21. The van der Waals surface area contributed by atoms with Crippen LogP contribution in [0.25, 0.3) is 0 Å². The zero-order chi connectivity index (χ0) is 19.5. The quantitative estimate of drug-likeness (QED) is 0.719. The second-order valence-electron chi connectivity index (χ2n) is 6.01. The van der Waals surface area contributed by atoms with Gasteiger partial charge < -0.3 is 19.1 Å². The minimum atomic E-state index is -0.532. The Morgan fingerprint density at radius 3 is 2.64 bits per heavy atom. The molecule has 0 radical (unpaired) electrons. The molecule has 2 amide bonds. The van der Waals surface area contributed by atoms with Gasteiger partial charge in [-0.25, -0.2) is 4.98 Å². The van der Waals surface area contributed by atoms with Gasteiger partial charge in [0.1, 0.15) is 18.9 Å². The van der Waals surface area contributed by atoms with Crippen LogP contribution in [0.2, 0.25) is 5.02 Å². The molecule has 0 unspecified atom stereocenters. The maximum atomic E-state index is 12.4. The van der Waals surface area contributed by atoms with Crippen molar-refractivity contribution in [3.8, 4) is 11.5 Å². The number of anilines is 1. The molecule has 1 saturated heterocycles. The third-order valence-electron chi connectivity index (χ3n) is 4.15. The smallest absolute Gasteiger partial charge is 0.289 e. The molecule has 0 saturated carbocycles. The van der Waals surface area contributed by atoms with Crippen LogP contribution in [0.1, 0.15) is 20.8 Å². The van der Waals surface area contributed by atoms with E-state index in [2.05, 4.69) is 20.7 Å². The number of thiazole rings is 1. The average molecular weight is 425 g/mol. The van der Waals surface area contributed by atoms with Gasteiger partial charge in [0.15, 0.2) is 16.6 Å². The number of benzene rings is 1. The topological polar surface area (TPSA) is 102 Å². The first-order valence-electron chi connectivity index (χ1n) is 8.60. The number of rotatable bonds is 3. The van der Waals surface area contributed by atoms with Crippen molar-refractivity contribution < 1.29 is 23.8 Å². The maximum absolute atomic E-state index is 12.4. The van der Waals surface area contributed by atoms with Crippen molar-refractivity contribution in [2.45, 2.75) is 0 Å². The van der Waals surface area contributed by atoms with Crippen LogP contribution in [-0.4, -0.2) is 56.3 Å². The maximum Gasteiger partial charge on any atom is 0.289 e. The first-order valence-corrected chi connectivity index (χ1v) is 9.85. The molecule has 9 nitrogen and oxygen atoms in total. The molecule has 2 N–H and O–H groups in total. The molecule has 0 bridgehead atoms. The Morgan fingerprint density at radius 1 is 1.07 bits per heavy atom. The Labute approximate surface area is 169 Å². The summed E-state index contributed by atoms with van der Waals surface area (Å²) in [7, 11) is 0. The van der Waals surface area contributed by atoms with E-state index in [4.69, 9.17) is 25.8 Å². The van der Waals surface area contributed by atoms with Gasteiger partial charge in [-0.1, -0.05) is 11.6 Å². The van der Waals surface area contributed by atoms with Crippen molar-refractivity contribution in [3.05, 3.63) is 33.8 Å².